The van der Waals surface area contributed by atoms with Crippen LogP contribution in [0.2, 0.25) is 5.02 Å². The zero-order valence-electron chi connectivity index (χ0n) is 13.5. The largest absolute Gasteiger partial charge is 0.352 e. The summed E-state index contributed by atoms with van der Waals surface area (Å²) in [7, 11) is 3.75. The van der Waals surface area contributed by atoms with E-state index in [4.69, 9.17) is 11.6 Å². The maximum Gasteiger partial charge on any atom is 0.226 e. The highest BCUT2D eigenvalue weighted by Crippen LogP contribution is 2.26. The van der Waals surface area contributed by atoms with Gasteiger partial charge in [-0.2, -0.15) is 4.98 Å². The fraction of sp³-hybridized carbons (Fsp3) is 0.467. The molecule has 0 aliphatic carbocycles. The Morgan fingerprint density at radius 3 is 2.79 bits per heavy atom. The number of halogens is 2. The minimum Gasteiger partial charge on any atom is -0.352 e. The van der Waals surface area contributed by atoms with E-state index in [1.807, 2.05) is 23.9 Å². The Morgan fingerprint density at radius 1 is 1.33 bits per heavy atom. The quantitative estimate of drug-likeness (QED) is 0.883. The van der Waals surface area contributed by atoms with Crippen LogP contribution in [-0.4, -0.2) is 59.3 Å². The molecule has 0 saturated carbocycles. The van der Waals surface area contributed by atoms with Crippen molar-refractivity contribution in [3.8, 4) is 0 Å². The predicted molar refractivity (Wildman–Crippen MR) is 92.5 cm³/mol. The van der Waals surface area contributed by atoms with Crippen molar-refractivity contribution >= 4 is 29.3 Å². The van der Waals surface area contributed by atoms with E-state index >= 15 is 0 Å². The molecule has 1 aliphatic heterocycles. The molecule has 0 radical (unpaired) electrons. The van der Waals surface area contributed by atoms with E-state index in [0.717, 1.165) is 5.82 Å². The summed E-state index contributed by atoms with van der Waals surface area (Å²) in [6.07, 6.45) is 4.28. The average Bonchev–Trinajstić information content (AvgIpc) is 2.95. The van der Waals surface area contributed by atoms with Crippen molar-refractivity contribution in [3.63, 3.8) is 0 Å². The van der Waals surface area contributed by atoms with Gasteiger partial charge in [0.15, 0.2) is 0 Å². The van der Waals surface area contributed by atoms with Crippen LogP contribution < -0.4 is 15.1 Å². The zero-order valence-corrected chi connectivity index (χ0v) is 14.3. The summed E-state index contributed by atoms with van der Waals surface area (Å²) in [5.41, 5.74) is 0. The minimum atomic E-state index is -0.888. The van der Waals surface area contributed by atoms with Crippen LogP contribution in [0.4, 0.5) is 22.1 Å². The van der Waals surface area contributed by atoms with Gasteiger partial charge in [0.05, 0.1) is 30.0 Å². The van der Waals surface area contributed by atoms with Gasteiger partial charge in [0.1, 0.15) is 12.0 Å². The van der Waals surface area contributed by atoms with E-state index in [2.05, 4.69) is 25.3 Å². The van der Waals surface area contributed by atoms with Crippen LogP contribution in [0.3, 0.4) is 0 Å². The van der Waals surface area contributed by atoms with Crippen molar-refractivity contribution in [1.82, 2.24) is 19.9 Å². The van der Waals surface area contributed by atoms with E-state index < -0.39 is 6.17 Å². The van der Waals surface area contributed by atoms with E-state index in [0.29, 0.717) is 36.4 Å². The maximum absolute atomic E-state index is 14.0. The second kappa shape index (κ2) is 7.12. The Balaban J connectivity index is 1.72. The highest BCUT2D eigenvalue weighted by Gasteiger charge is 2.33. The summed E-state index contributed by atoms with van der Waals surface area (Å²) >= 11 is 5.77. The molecule has 3 rings (SSSR count). The number of hydrogen-bond acceptors (Lipinski definition) is 7. The van der Waals surface area contributed by atoms with Gasteiger partial charge >= 0.3 is 0 Å². The molecule has 1 N–H and O–H groups in total. The Bertz CT molecular complexity index is 682. The van der Waals surface area contributed by atoms with Crippen LogP contribution in [0, 0.1) is 0 Å². The number of aromatic nitrogens is 4. The van der Waals surface area contributed by atoms with E-state index in [-0.39, 0.29) is 6.04 Å². The summed E-state index contributed by atoms with van der Waals surface area (Å²) in [5, 5.41) is 3.60. The summed E-state index contributed by atoms with van der Waals surface area (Å²) in [6, 6.07) is 1.76. The lowest BCUT2D eigenvalue weighted by molar-refractivity contribution is 0.357. The van der Waals surface area contributed by atoms with Crippen LogP contribution in [0.1, 0.15) is 6.42 Å². The molecule has 1 fully saturated rings. The second-order valence-corrected chi connectivity index (χ2v) is 6.29. The molecule has 2 aromatic rings. The van der Waals surface area contributed by atoms with Gasteiger partial charge in [0.2, 0.25) is 11.9 Å². The van der Waals surface area contributed by atoms with Crippen molar-refractivity contribution in [2.45, 2.75) is 18.6 Å². The second-order valence-electron chi connectivity index (χ2n) is 5.85. The first kappa shape index (κ1) is 16.6. The first-order valence-electron chi connectivity index (χ1n) is 7.65. The molecular weight excluding hydrogens is 333 g/mol. The van der Waals surface area contributed by atoms with Crippen molar-refractivity contribution in [2.75, 3.05) is 42.3 Å². The zero-order chi connectivity index (χ0) is 17.1. The predicted octanol–water partition coefficient (Wildman–Crippen LogP) is 2.01. The Morgan fingerprint density at radius 2 is 2.08 bits per heavy atom. The molecule has 0 spiro atoms. The van der Waals surface area contributed by atoms with E-state index in [1.165, 1.54) is 12.4 Å². The van der Waals surface area contributed by atoms with Crippen molar-refractivity contribution in [1.29, 1.82) is 0 Å². The number of rotatable bonds is 5. The molecule has 2 aromatic heterocycles. The summed E-state index contributed by atoms with van der Waals surface area (Å²) < 4.78 is 14.0. The molecule has 0 aromatic carbocycles. The standard InChI is InChI=1S/C15H19ClFN7/c1-23(2)15-18-4-3-13(22-15)24-9-11(17)5-12(24)8-21-14-19-6-10(16)7-20-14/h3-4,6-7,11-12H,5,8-9H2,1-2H3,(H,19,20,21)/t11-,12-/m0/s1. The number of hydrogen-bond donors (Lipinski definition) is 1. The summed E-state index contributed by atoms with van der Waals surface area (Å²) in [6.45, 7) is 0.834. The smallest absolute Gasteiger partial charge is 0.226 e. The van der Waals surface area contributed by atoms with Crippen molar-refractivity contribution in [2.24, 2.45) is 0 Å². The fourth-order valence-corrected chi connectivity index (χ4v) is 2.76. The van der Waals surface area contributed by atoms with E-state index in [9.17, 15) is 4.39 Å². The molecule has 0 unspecified atom stereocenters. The lowest BCUT2D eigenvalue weighted by atomic mass is 10.2. The first-order valence-corrected chi connectivity index (χ1v) is 8.03. The average molecular weight is 352 g/mol. The van der Waals surface area contributed by atoms with Gasteiger partial charge in [-0.25, -0.2) is 19.3 Å². The Labute approximate surface area is 144 Å². The normalized spacial score (nSPS) is 20.2. The van der Waals surface area contributed by atoms with Crippen LogP contribution in [0.25, 0.3) is 0 Å². The van der Waals surface area contributed by atoms with Gasteiger partial charge in [-0.05, 0) is 6.07 Å². The molecule has 7 nitrogen and oxygen atoms in total. The van der Waals surface area contributed by atoms with Gasteiger partial charge in [0.25, 0.3) is 0 Å². The SMILES string of the molecule is CN(C)c1nccc(N2C[C@@H](F)C[C@H]2CNc2ncc(Cl)cn2)n1. The van der Waals surface area contributed by atoms with Gasteiger partial charge in [-0.1, -0.05) is 11.6 Å². The minimum absolute atomic E-state index is 0.0378. The number of nitrogens with zero attached hydrogens (tertiary/aromatic N) is 6. The number of anilines is 3. The topological polar surface area (TPSA) is 70.1 Å². The van der Waals surface area contributed by atoms with Crippen LogP contribution in [0.5, 0.6) is 0 Å². The molecule has 0 amide bonds. The van der Waals surface area contributed by atoms with Gasteiger partial charge < -0.3 is 15.1 Å². The highest BCUT2D eigenvalue weighted by molar-refractivity contribution is 6.30. The number of nitrogens with one attached hydrogen (secondary N) is 1. The third-order valence-corrected chi connectivity index (χ3v) is 4.00. The fourth-order valence-electron chi connectivity index (χ4n) is 2.66. The van der Waals surface area contributed by atoms with Crippen molar-refractivity contribution < 1.29 is 4.39 Å². The molecule has 128 valence electrons. The molecular formula is C15H19ClFN7. The summed E-state index contributed by atoms with van der Waals surface area (Å²) in [5.74, 6) is 1.79. The van der Waals surface area contributed by atoms with Crippen LogP contribution >= 0.6 is 11.6 Å². The van der Waals surface area contributed by atoms with Gasteiger partial charge in [-0.15, -0.1) is 0 Å². The third kappa shape index (κ3) is 3.81. The molecule has 0 bridgehead atoms. The van der Waals surface area contributed by atoms with Gasteiger partial charge in [0, 0.05) is 33.3 Å². The molecule has 1 aliphatic rings. The Hall–Kier alpha value is -2.22. The first-order chi connectivity index (χ1) is 11.5. The van der Waals surface area contributed by atoms with E-state index in [1.54, 1.807) is 12.3 Å². The molecule has 9 heteroatoms. The van der Waals surface area contributed by atoms with Crippen LogP contribution in [-0.2, 0) is 0 Å². The molecule has 3 heterocycles. The van der Waals surface area contributed by atoms with Crippen LogP contribution in [0.15, 0.2) is 24.7 Å². The Kier molecular flexibility index (Phi) is 4.94. The summed E-state index contributed by atoms with van der Waals surface area (Å²) in [4.78, 5) is 20.7. The highest BCUT2D eigenvalue weighted by atomic mass is 35.5. The van der Waals surface area contributed by atoms with Crippen molar-refractivity contribution in [3.05, 3.63) is 29.7 Å². The molecule has 24 heavy (non-hydrogen) atoms. The lowest BCUT2D eigenvalue weighted by Crippen LogP contribution is -2.36. The maximum atomic E-state index is 14.0. The monoisotopic (exact) mass is 351 g/mol. The van der Waals surface area contributed by atoms with Gasteiger partial charge in [-0.3, -0.25) is 0 Å². The third-order valence-electron chi connectivity index (χ3n) is 3.80. The lowest BCUT2D eigenvalue weighted by Gasteiger charge is -2.26. The molecule has 1 saturated heterocycles. The number of alkyl halides is 1. The molecule has 2 atom stereocenters.